The van der Waals surface area contributed by atoms with Gasteiger partial charge >= 0.3 is 0 Å². The van der Waals surface area contributed by atoms with E-state index >= 15 is 0 Å². The van der Waals surface area contributed by atoms with Crippen LogP contribution in [0.3, 0.4) is 0 Å². The number of para-hydroxylation sites is 1. The van der Waals surface area contributed by atoms with Crippen molar-refractivity contribution in [2.45, 2.75) is 38.6 Å². The van der Waals surface area contributed by atoms with Crippen LogP contribution < -0.4 is 10.1 Å². The van der Waals surface area contributed by atoms with Gasteiger partial charge in [0.25, 0.3) is 0 Å². The Balaban J connectivity index is 1.62. The highest BCUT2D eigenvalue weighted by atomic mass is 32.2. The zero-order chi connectivity index (χ0) is 27.1. The molecule has 0 saturated carbocycles. The maximum Gasteiger partial charge on any atom is 0.225 e. The topological polar surface area (TPSA) is 75.0 Å². The molecule has 3 aromatic carbocycles. The van der Waals surface area contributed by atoms with Crippen molar-refractivity contribution in [3.8, 4) is 34.2 Å². The molecule has 1 aromatic heterocycles. The molecular formula is C32H31N3O2S. The van der Waals surface area contributed by atoms with Crippen molar-refractivity contribution >= 4 is 23.4 Å². The number of ether oxygens (including phenoxy) is 1. The summed E-state index contributed by atoms with van der Waals surface area (Å²) < 4.78 is 5.30. The Hall–Kier alpha value is -4.08. The Bertz CT molecular complexity index is 1470. The molecule has 0 unspecified atom stereocenters. The first-order valence-electron chi connectivity index (χ1n) is 12.6. The molecule has 0 aliphatic rings. The molecule has 0 radical (unpaired) electrons. The van der Waals surface area contributed by atoms with E-state index in [9.17, 15) is 10.1 Å². The molecule has 0 bridgehead atoms. The number of nitrogens with zero attached hydrogens (tertiary/aromatic N) is 2. The van der Waals surface area contributed by atoms with Crippen LogP contribution in [0.25, 0.3) is 22.4 Å². The minimum atomic E-state index is -0.0509. The SMILES string of the molecule is CCc1cccc(C)c1NC(=O)CCSc1nc(-c2ccc(OC)cc2)cc(-c2ccc(C)cc2)c1C#N. The van der Waals surface area contributed by atoms with Crippen molar-refractivity contribution in [2.24, 2.45) is 0 Å². The molecule has 0 aliphatic heterocycles. The standard InChI is InChI=1S/C32H31N3O2S/c1-5-23-8-6-7-22(3)31(23)35-30(36)17-18-38-32-28(20-33)27(24-11-9-21(2)10-12-24)19-29(34-32)25-13-15-26(37-4)16-14-25/h6-16,19H,5,17-18H2,1-4H3,(H,35,36). The van der Waals surface area contributed by atoms with Gasteiger partial charge in [-0.25, -0.2) is 4.98 Å². The number of hydrogen-bond acceptors (Lipinski definition) is 5. The van der Waals surface area contributed by atoms with E-state index in [-0.39, 0.29) is 5.91 Å². The van der Waals surface area contributed by atoms with Crippen molar-refractivity contribution in [3.63, 3.8) is 0 Å². The maximum atomic E-state index is 12.8. The van der Waals surface area contributed by atoms with Crippen LogP contribution >= 0.6 is 11.8 Å². The predicted molar refractivity (Wildman–Crippen MR) is 156 cm³/mol. The molecule has 38 heavy (non-hydrogen) atoms. The Morgan fingerprint density at radius 1 is 1.03 bits per heavy atom. The van der Waals surface area contributed by atoms with Gasteiger partial charge in [0.05, 0.1) is 18.4 Å². The third-order valence-corrected chi connectivity index (χ3v) is 7.40. The highest BCUT2D eigenvalue weighted by molar-refractivity contribution is 7.99. The highest BCUT2D eigenvalue weighted by Gasteiger charge is 2.17. The molecule has 0 fully saturated rings. The van der Waals surface area contributed by atoms with Gasteiger partial charge in [-0.1, -0.05) is 55.0 Å². The number of nitrogens with one attached hydrogen (secondary N) is 1. The molecule has 6 heteroatoms. The molecule has 192 valence electrons. The molecule has 1 amide bonds. The number of methoxy groups -OCH3 is 1. The fourth-order valence-corrected chi connectivity index (χ4v) is 5.19. The van der Waals surface area contributed by atoms with Crippen molar-refractivity contribution in [1.82, 2.24) is 4.98 Å². The van der Waals surface area contributed by atoms with Crippen LogP contribution in [0.4, 0.5) is 5.69 Å². The van der Waals surface area contributed by atoms with Crippen LogP contribution in [0.1, 0.15) is 35.6 Å². The third kappa shape index (κ3) is 6.24. The molecule has 4 rings (SSSR count). The van der Waals surface area contributed by atoms with Gasteiger partial charge in [-0.2, -0.15) is 5.26 Å². The first kappa shape index (κ1) is 27.0. The van der Waals surface area contributed by atoms with E-state index in [0.29, 0.717) is 22.8 Å². The number of benzene rings is 3. The molecule has 4 aromatic rings. The number of hydrogen-bond donors (Lipinski definition) is 1. The number of thioether (sulfide) groups is 1. The number of aryl methyl sites for hydroxylation is 3. The van der Waals surface area contributed by atoms with E-state index in [1.807, 2.05) is 86.6 Å². The number of amides is 1. The maximum absolute atomic E-state index is 12.8. The number of pyridine rings is 1. The van der Waals surface area contributed by atoms with Gasteiger partial charge in [0, 0.05) is 29.0 Å². The van der Waals surface area contributed by atoms with Gasteiger partial charge in [-0.05, 0) is 67.3 Å². The van der Waals surface area contributed by atoms with Gasteiger partial charge in [0.15, 0.2) is 0 Å². The zero-order valence-electron chi connectivity index (χ0n) is 22.2. The second-order valence-corrected chi connectivity index (χ2v) is 10.1. The molecule has 0 spiro atoms. The van der Waals surface area contributed by atoms with Crippen molar-refractivity contribution in [1.29, 1.82) is 5.26 Å². The van der Waals surface area contributed by atoms with E-state index in [1.54, 1.807) is 7.11 Å². The van der Waals surface area contributed by atoms with E-state index in [4.69, 9.17) is 9.72 Å². The molecule has 0 saturated heterocycles. The minimum absolute atomic E-state index is 0.0509. The molecule has 0 atom stereocenters. The van der Waals surface area contributed by atoms with Crippen LogP contribution in [0.5, 0.6) is 5.75 Å². The first-order valence-corrected chi connectivity index (χ1v) is 13.6. The average Bonchev–Trinajstić information content (AvgIpc) is 2.94. The molecule has 1 heterocycles. The summed E-state index contributed by atoms with van der Waals surface area (Å²) in [4.78, 5) is 17.7. The number of nitriles is 1. The lowest BCUT2D eigenvalue weighted by atomic mass is 9.98. The van der Waals surface area contributed by atoms with Crippen molar-refractivity contribution in [3.05, 3.63) is 95.1 Å². The zero-order valence-corrected chi connectivity index (χ0v) is 23.0. The summed E-state index contributed by atoms with van der Waals surface area (Å²) in [7, 11) is 1.64. The van der Waals surface area contributed by atoms with E-state index in [0.717, 1.165) is 56.9 Å². The molecule has 0 aliphatic carbocycles. The van der Waals surface area contributed by atoms with E-state index in [2.05, 4.69) is 18.3 Å². The summed E-state index contributed by atoms with van der Waals surface area (Å²) in [6.07, 6.45) is 1.16. The van der Waals surface area contributed by atoms with Gasteiger partial charge in [-0.3, -0.25) is 4.79 Å². The predicted octanol–water partition coefficient (Wildman–Crippen LogP) is 7.60. The molecule has 1 N–H and O–H groups in total. The summed E-state index contributed by atoms with van der Waals surface area (Å²) in [5.41, 5.74) is 8.20. The largest absolute Gasteiger partial charge is 0.497 e. The Labute approximate surface area is 228 Å². The van der Waals surface area contributed by atoms with Crippen LogP contribution in [-0.2, 0) is 11.2 Å². The summed E-state index contributed by atoms with van der Waals surface area (Å²) in [5.74, 6) is 1.21. The average molecular weight is 522 g/mol. The number of aromatic nitrogens is 1. The molecular weight excluding hydrogens is 490 g/mol. The summed E-state index contributed by atoms with van der Waals surface area (Å²) in [5, 5.41) is 13.8. The number of carbonyl (C=O) groups is 1. The third-order valence-electron chi connectivity index (χ3n) is 6.42. The lowest BCUT2D eigenvalue weighted by Crippen LogP contribution is -2.14. The lowest BCUT2D eigenvalue weighted by Gasteiger charge is -2.14. The van der Waals surface area contributed by atoms with Crippen molar-refractivity contribution in [2.75, 3.05) is 18.2 Å². The summed E-state index contributed by atoms with van der Waals surface area (Å²) >= 11 is 1.43. The van der Waals surface area contributed by atoms with Crippen LogP contribution in [0.15, 0.2) is 77.8 Å². The molecule has 5 nitrogen and oxygen atoms in total. The quantitative estimate of drug-likeness (QED) is 0.230. The smallest absolute Gasteiger partial charge is 0.225 e. The van der Waals surface area contributed by atoms with E-state index in [1.165, 1.54) is 11.8 Å². The monoisotopic (exact) mass is 521 g/mol. The fraction of sp³-hybridized carbons (Fsp3) is 0.219. The highest BCUT2D eigenvalue weighted by Crippen LogP contribution is 2.35. The second-order valence-electron chi connectivity index (χ2n) is 9.05. The van der Waals surface area contributed by atoms with E-state index < -0.39 is 0 Å². The number of carbonyl (C=O) groups excluding carboxylic acids is 1. The summed E-state index contributed by atoms with van der Waals surface area (Å²) in [6.45, 7) is 6.12. The van der Waals surface area contributed by atoms with Gasteiger partial charge in [-0.15, -0.1) is 11.8 Å². The number of rotatable bonds is 9. The minimum Gasteiger partial charge on any atom is -0.497 e. The lowest BCUT2D eigenvalue weighted by molar-refractivity contribution is -0.115. The normalized spacial score (nSPS) is 10.6. The van der Waals surface area contributed by atoms with Crippen LogP contribution in [0.2, 0.25) is 0 Å². The Morgan fingerprint density at radius 2 is 1.74 bits per heavy atom. The van der Waals surface area contributed by atoms with Gasteiger partial charge < -0.3 is 10.1 Å². The summed E-state index contributed by atoms with van der Waals surface area (Å²) in [6, 6.07) is 26.2. The van der Waals surface area contributed by atoms with Gasteiger partial charge in [0.2, 0.25) is 5.91 Å². The Kier molecular flexibility index (Phi) is 8.83. The second kappa shape index (κ2) is 12.4. The van der Waals surface area contributed by atoms with Crippen molar-refractivity contribution < 1.29 is 9.53 Å². The van der Waals surface area contributed by atoms with Crippen LogP contribution in [0, 0.1) is 25.2 Å². The van der Waals surface area contributed by atoms with Gasteiger partial charge in [0.1, 0.15) is 16.8 Å². The first-order chi connectivity index (χ1) is 18.4. The fourth-order valence-electron chi connectivity index (χ4n) is 4.25. The van der Waals surface area contributed by atoms with Crippen LogP contribution in [-0.4, -0.2) is 23.8 Å². The Morgan fingerprint density at radius 3 is 2.39 bits per heavy atom. The number of anilines is 1.